The summed E-state index contributed by atoms with van der Waals surface area (Å²) in [6.45, 7) is 6.00. The second-order valence-electron chi connectivity index (χ2n) is 7.53. The normalized spacial score (nSPS) is 19.9. The fourth-order valence-electron chi connectivity index (χ4n) is 3.73. The molecule has 4 rings (SSSR count). The maximum absolute atomic E-state index is 12.9. The van der Waals surface area contributed by atoms with Gasteiger partial charge in [-0.1, -0.05) is 25.1 Å². The molecule has 0 N–H and O–H groups in total. The molecule has 0 saturated carbocycles. The number of rotatable bonds is 5. The van der Waals surface area contributed by atoms with Crippen LogP contribution < -0.4 is 0 Å². The van der Waals surface area contributed by atoms with Crippen LogP contribution in [0.2, 0.25) is 0 Å². The van der Waals surface area contributed by atoms with Crippen molar-refractivity contribution in [3.8, 4) is 0 Å². The maximum atomic E-state index is 12.9. The monoisotopic (exact) mass is 427 g/mol. The number of fused-ring (bicyclic) bond motifs is 1. The van der Waals surface area contributed by atoms with Crippen molar-refractivity contribution in [2.75, 3.05) is 32.8 Å². The number of nitrogens with zero attached hydrogens (tertiary/aromatic N) is 3. The van der Waals surface area contributed by atoms with E-state index in [0.717, 1.165) is 39.5 Å². The largest absolute Gasteiger partial charge is 0.378 e. The third kappa shape index (κ3) is 3.89. The average molecular weight is 428 g/mol. The molecule has 3 heterocycles. The quantitative estimate of drug-likeness (QED) is 0.683. The molecule has 30 heavy (non-hydrogen) atoms. The fourth-order valence-corrected chi connectivity index (χ4v) is 4.56. The minimum absolute atomic E-state index is 0.226. The zero-order valence-electron chi connectivity index (χ0n) is 17.2. The summed E-state index contributed by atoms with van der Waals surface area (Å²) in [6.07, 6.45) is 4.79. The molecule has 1 unspecified atom stereocenters. The summed E-state index contributed by atoms with van der Waals surface area (Å²) in [4.78, 5) is 40.9. The van der Waals surface area contributed by atoms with Crippen LogP contribution in [0.3, 0.4) is 0 Å². The van der Waals surface area contributed by atoms with Crippen LogP contribution in [0, 0.1) is 0 Å². The summed E-state index contributed by atoms with van der Waals surface area (Å²) in [5, 5.41) is 0.632. The number of hydrogen-bond donors (Lipinski definition) is 0. The maximum Gasteiger partial charge on any atom is 0.294 e. The zero-order valence-corrected chi connectivity index (χ0v) is 18.0. The van der Waals surface area contributed by atoms with E-state index in [4.69, 9.17) is 4.74 Å². The summed E-state index contributed by atoms with van der Waals surface area (Å²) in [7, 11) is 0. The second-order valence-corrected chi connectivity index (χ2v) is 8.52. The summed E-state index contributed by atoms with van der Waals surface area (Å²) in [5.41, 5.74) is 2.00. The first kappa shape index (κ1) is 20.7. The molecule has 0 spiro atoms. The molecule has 0 radical (unpaired) electrons. The minimum Gasteiger partial charge on any atom is -0.378 e. The van der Waals surface area contributed by atoms with Gasteiger partial charge >= 0.3 is 0 Å². The molecule has 2 aliphatic heterocycles. The number of thioether (sulfide) groups is 1. The van der Waals surface area contributed by atoms with Gasteiger partial charge in [-0.15, -0.1) is 0 Å². The smallest absolute Gasteiger partial charge is 0.294 e. The Morgan fingerprint density at radius 3 is 2.70 bits per heavy atom. The highest BCUT2D eigenvalue weighted by molar-refractivity contribution is 8.18. The molecule has 1 aromatic heterocycles. The molecule has 0 aliphatic carbocycles. The van der Waals surface area contributed by atoms with E-state index in [1.165, 1.54) is 0 Å². The predicted octanol–water partition coefficient (Wildman–Crippen LogP) is 3.51. The van der Waals surface area contributed by atoms with E-state index in [9.17, 15) is 14.4 Å². The number of benzene rings is 1. The topological polar surface area (TPSA) is 71.8 Å². The van der Waals surface area contributed by atoms with Gasteiger partial charge < -0.3 is 14.2 Å². The molecular formula is C22H25N3O4S. The number of ether oxygens (including phenoxy) is 1. The van der Waals surface area contributed by atoms with Gasteiger partial charge in [-0.3, -0.25) is 19.3 Å². The van der Waals surface area contributed by atoms with Gasteiger partial charge in [0, 0.05) is 41.8 Å². The lowest BCUT2D eigenvalue weighted by atomic mass is 10.1. The van der Waals surface area contributed by atoms with Crippen LogP contribution in [-0.4, -0.2) is 64.3 Å². The Kier molecular flexibility index (Phi) is 5.97. The van der Waals surface area contributed by atoms with Crippen LogP contribution in [0.5, 0.6) is 0 Å². The lowest BCUT2D eigenvalue weighted by Gasteiger charge is -2.28. The van der Waals surface area contributed by atoms with Crippen molar-refractivity contribution in [1.29, 1.82) is 0 Å². The van der Waals surface area contributed by atoms with E-state index in [1.807, 2.05) is 24.4 Å². The molecule has 8 heteroatoms. The van der Waals surface area contributed by atoms with Crippen LogP contribution in [0.4, 0.5) is 4.79 Å². The zero-order chi connectivity index (χ0) is 21.3. The van der Waals surface area contributed by atoms with Crippen LogP contribution in [0.25, 0.3) is 17.0 Å². The number of morpholine rings is 1. The molecule has 158 valence electrons. The molecule has 2 aromatic rings. The number of aromatic nitrogens is 1. The van der Waals surface area contributed by atoms with Crippen molar-refractivity contribution < 1.29 is 19.1 Å². The second kappa shape index (κ2) is 8.65. The molecule has 2 aliphatic rings. The van der Waals surface area contributed by atoms with Crippen molar-refractivity contribution in [3.05, 3.63) is 40.9 Å². The summed E-state index contributed by atoms with van der Waals surface area (Å²) in [5.74, 6) is -0.637. The van der Waals surface area contributed by atoms with E-state index in [2.05, 4.69) is 24.5 Å². The van der Waals surface area contributed by atoms with E-state index in [1.54, 1.807) is 11.0 Å². The van der Waals surface area contributed by atoms with Gasteiger partial charge in [0.25, 0.3) is 11.1 Å². The Labute approximate surface area is 179 Å². The van der Waals surface area contributed by atoms with Crippen molar-refractivity contribution in [3.63, 3.8) is 0 Å². The Morgan fingerprint density at radius 1 is 1.23 bits per heavy atom. The van der Waals surface area contributed by atoms with Gasteiger partial charge in [-0.25, -0.2) is 0 Å². The number of para-hydroxylation sites is 1. The SMILES string of the molecule is CCC(C)n1cc(C=C2SC(=O)N(CC(=O)N3CCOCC3)C2=O)c2ccccc21. The summed E-state index contributed by atoms with van der Waals surface area (Å²) >= 11 is 0.891. The fraction of sp³-hybridized carbons (Fsp3) is 0.409. The van der Waals surface area contributed by atoms with Gasteiger partial charge in [-0.2, -0.15) is 0 Å². The van der Waals surface area contributed by atoms with Gasteiger partial charge in [-0.05, 0) is 37.2 Å². The van der Waals surface area contributed by atoms with Gasteiger partial charge in [0.05, 0.1) is 18.1 Å². The van der Waals surface area contributed by atoms with Crippen molar-refractivity contribution >= 4 is 45.8 Å². The number of carbonyl (C=O) groups is 3. The molecule has 1 atom stereocenters. The van der Waals surface area contributed by atoms with Crippen LogP contribution >= 0.6 is 11.8 Å². The van der Waals surface area contributed by atoms with Gasteiger partial charge in [0.15, 0.2) is 0 Å². The highest BCUT2D eigenvalue weighted by Gasteiger charge is 2.37. The Morgan fingerprint density at radius 2 is 1.97 bits per heavy atom. The van der Waals surface area contributed by atoms with Gasteiger partial charge in [0.1, 0.15) is 6.54 Å². The third-order valence-electron chi connectivity index (χ3n) is 5.65. The first-order valence-corrected chi connectivity index (χ1v) is 11.0. The summed E-state index contributed by atoms with van der Waals surface area (Å²) in [6, 6.07) is 8.36. The average Bonchev–Trinajstić information content (AvgIpc) is 3.26. The molecule has 0 bridgehead atoms. The van der Waals surface area contributed by atoms with E-state index in [-0.39, 0.29) is 12.5 Å². The Balaban J connectivity index is 1.58. The van der Waals surface area contributed by atoms with Crippen molar-refractivity contribution in [1.82, 2.24) is 14.4 Å². The number of hydrogen-bond acceptors (Lipinski definition) is 5. The van der Waals surface area contributed by atoms with Crippen molar-refractivity contribution in [2.24, 2.45) is 0 Å². The predicted molar refractivity (Wildman–Crippen MR) is 117 cm³/mol. The Bertz CT molecular complexity index is 1020. The number of carbonyl (C=O) groups excluding carboxylic acids is 3. The van der Waals surface area contributed by atoms with Crippen molar-refractivity contribution in [2.45, 2.75) is 26.3 Å². The standard InChI is InChI=1S/C22H25N3O4S/c1-3-15(2)24-13-16(17-6-4-5-7-18(17)24)12-19-21(27)25(22(28)30-19)14-20(26)23-8-10-29-11-9-23/h4-7,12-13,15H,3,8-11,14H2,1-2H3. The molecular weight excluding hydrogens is 402 g/mol. The number of imide groups is 1. The Hall–Kier alpha value is -2.58. The first-order chi connectivity index (χ1) is 14.5. The van der Waals surface area contributed by atoms with E-state index >= 15 is 0 Å². The first-order valence-electron chi connectivity index (χ1n) is 10.2. The van der Waals surface area contributed by atoms with E-state index < -0.39 is 11.1 Å². The summed E-state index contributed by atoms with van der Waals surface area (Å²) < 4.78 is 7.45. The molecule has 2 fully saturated rings. The van der Waals surface area contributed by atoms with Crippen LogP contribution in [0.1, 0.15) is 31.9 Å². The van der Waals surface area contributed by atoms with E-state index in [0.29, 0.717) is 37.3 Å². The number of amides is 3. The highest BCUT2D eigenvalue weighted by atomic mass is 32.2. The molecule has 7 nitrogen and oxygen atoms in total. The van der Waals surface area contributed by atoms with Crippen LogP contribution in [0.15, 0.2) is 35.4 Å². The molecule has 2 saturated heterocycles. The van der Waals surface area contributed by atoms with Crippen LogP contribution in [-0.2, 0) is 14.3 Å². The minimum atomic E-state index is -0.410. The lowest BCUT2D eigenvalue weighted by Crippen LogP contribution is -2.46. The highest BCUT2D eigenvalue weighted by Crippen LogP contribution is 2.35. The lowest BCUT2D eigenvalue weighted by molar-refractivity contribution is -0.139. The third-order valence-corrected chi connectivity index (χ3v) is 6.56. The van der Waals surface area contributed by atoms with Gasteiger partial charge in [0.2, 0.25) is 5.91 Å². The molecule has 3 amide bonds. The molecule has 1 aromatic carbocycles.